The van der Waals surface area contributed by atoms with Crippen LogP contribution in [0.1, 0.15) is 35.7 Å². The van der Waals surface area contributed by atoms with E-state index < -0.39 is 0 Å². The van der Waals surface area contributed by atoms with Gasteiger partial charge in [-0.25, -0.2) is 9.50 Å². The lowest BCUT2D eigenvalue weighted by Crippen LogP contribution is -2.38. The van der Waals surface area contributed by atoms with Crippen molar-refractivity contribution in [1.82, 2.24) is 24.5 Å². The van der Waals surface area contributed by atoms with Crippen LogP contribution < -0.4 is 0 Å². The summed E-state index contributed by atoms with van der Waals surface area (Å²) in [7, 11) is 0. The molecule has 3 aromatic heterocycles. The molecule has 1 fully saturated rings. The highest BCUT2D eigenvalue weighted by Gasteiger charge is 2.24. The summed E-state index contributed by atoms with van der Waals surface area (Å²) in [6.07, 6.45) is 7.80. The highest BCUT2D eigenvalue weighted by Crippen LogP contribution is 2.27. The van der Waals surface area contributed by atoms with Gasteiger partial charge in [0.1, 0.15) is 0 Å². The summed E-state index contributed by atoms with van der Waals surface area (Å²) in [6, 6.07) is 7.87. The van der Waals surface area contributed by atoms with Crippen molar-refractivity contribution in [2.24, 2.45) is 0 Å². The van der Waals surface area contributed by atoms with Gasteiger partial charge in [0.2, 0.25) is 5.91 Å². The van der Waals surface area contributed by atoms with Crippen LogP contribution in [0.3, 0.4) is 0 Å². The number of aromatic nitrogens is 4. The fourth-order valence-corrected chi connectivity index (χ4v) is 3.45. The van der Waals surface area contributed by atoms with E-state index in [0.29, 0.717) is 12.3 Å². The topological polar surface area (TPSA) is 63.4 Å². The first-order valence-corrected chi connectivity index (χ1v) is 8.68. The van der Waals surface area contributed by atoms with E-state index in [1.165, 1.54) is 0 Å². The zero-order chi connectivity index (χ0) is 17.2. The molecule has 4 rings (SSSR count). The lowest BCUT2D eigenvalue weighted by Gasteiger charge is -2.31. The minimum Gasteiger partial charge on any atom is -0.342 e. The number of amides is 1. The van der Waals surface area contributed by atoms with E-state index in [1.54, 1.807) is 12.4 Å². The minimum absolute atomic E-state index is 0.182. The molecule has 0 unspecified atom stereocenters. The smallest absolute Gasteiger partial charge is 0.227 e. The Kier molecular flexibility index (Phi) is 4.17. The van der Waals surface area contributed by atoms with Gasteiger partial charge in [-0.05, 0) is 37.5 Å². The number of hydrogen-bond acceptors (Lipinski definition) is 4. The number of carbonyl (C=O) groups excluding carboxylic acids is 1. The third-order valence-corrected chi connectivity index (χ3v) is 4.81. The predicted octanol–water partition coefficient (Wildman–Crippen LogP) is 2.38. The van der Waals surface area contributed by atoms with E-state index in [0.717, 1.165) is 48.5 Å². The molecule has 0 N–H and O–H groups in total. The molecular weight excluding hydrogens is 314 g/mol. The summed E-state index contributed by atoms with van der Waals surface area (Å²) in [5, 5.41) is 4.37. The average Bonchev–Trinajstić information content (AvgIpc) is 3.02. The van der Waals surface area contributed by atoms with Gasteiger partial charge in [0.15, 0.2) is 5.65 Å². The van der Waals surface area contributed by atoms with Crippen LogP contribution in [-0.2, 0) is 11.2 Å². The van der Waals surface area contributed by atoms with E-state index in [1.807, 2.05) is 40.7 Å². The second-order valence-corrected chi connectivity index (χ2v) is 6.63. The van der Waals surface area contributed by atoms with Crippen LogP contribution in [0, 0.1) is 6.92 Å². The first-order valence-electron chi connectivity index (χ1n) is 8.68. The van der Waals surface area contributed by atoms with E-state index in [9.17, 15) is 4.79 Å². The third kappa shape index (κ3) is 3.38. The fourth-order valence-electron chi connectivity index (χ4n) is 3.45. The molecule has 0 spiro atoms. The largest absolute Gasteiger partial charge is 0.342 e. The van der Waals surface area contributed by atoms with Crippen LogP contribution in [0.25, 0.3) is 5.65 Å². The molecule has 1 aliphatic heterocycles. The molecule has 0 radical (unpaired) electrons. The summed E-state index contributed by atoms with van der Waals surface area (Å²) in [6.45, 7) is 3.55. The fraction of sp³-hybridized carbons (Fsp3) is 0.368. The van der Waals surface area contributed by atoms with E-state index >= 15 is 0 Å². The van der Waals surface area contributed by atoms with Crippen LogP contribution in [0.15, 0.2) is 42.9 Å². The summed E-state index contributed by atoms with van der Waals surface area (Å²) >= 11 is 0. The molecule has 6 nitrogen and oxygen atoms in total. The number of carbonyl (C=O) groups is 1. The van der Waals surface area contributed by atoms with Gasteiger partial charge in [-0.2, -0.15) is 5.10 Å². The standard InChI is InChI=1S/C19H21N5O/c1-14-11-18-21-17(6-10-24(18)22-14)16-4-8-23(9-5-16)19(25)12-15-3-2-7-20-13-15/h2-3,6-7,10-11,13,16H,4-5,8-9,12H2,1H3. The van der Waals surface area contributed by atoms with Crippen LogP contribution in [-0.4, -0.2) is 43.5 Å². The lowest BCUT2D eigenvalue weighted by molar-refractivity contribution is -0.131. The van der Waals surface area contributed by atoms with Crippen molar-refractivity contribution in [1.29, 1.82) is 0 Å². The SMILES string of the molecule is Cc1cc2nc(C3CCN(C(=O)Cc4cccnc4)CC3)ccn2n1. The highest BCUT2D eigenvalue weighted by atomic mass is 16.2. The van der Waals surface area contributed by atoms with Gasteiger partial charge in [-0.3, -0.25) is 9.78 Å². The van der Waals surface area contributed by atoms with E-state index in [4.69, 9.17) is 4.98 Å². The number of hydrogen-bond donors (Lipinski definition) is 0. The molecular formula is C19H21N5O. The number of rotatable bonds is 3. The third-order valence-electron chi connectivity index (χ3n) is 4.81. The predicted molar refractivity (Wildman–Crippen MR) is 94.2 cm³/mol. The summed E-state index contributed by atoms with van der Waals surface area (Å²) < 4.78 is 1.81. The zero-order valence-corrected chi connectivity index (χ0v) is 14.3. The maximum absolute atomic E-state index is 12.5. The molecule has 25 heavy (non-hydrogen) atoms. The van der Waals surface area contributed by atoms with Crippen LogP contribution in [0.2, 0.25) is 0 Å². The first-order chi connectivity index (χ1) is 12.2. The maximum atomic E-state index is 12.5. The molecule has 1 aliphatic rings. The maximum Gasteiger partial charge on any atom is 0.227 e. The Morgan fingerprint density at radius 3 is 2.88 bits per heavy atom. The molecule has 1 saturated heterocycles. The van der Waals surface area contributed by atoms with Gasteiger partial charge < -0.3 is 4.90 Å². The first kappa shape index (κ1) is 15.7. The molecule has 128 valence electrons. The molecule has 4 heterocycles. The zero-order valence-electron chi connectivity index (χ0n) is 14.3. The second-order valence-electron chi connectivity index (χ2n) is 6.63. The van der Waals surface area contributed by atoms with Gasteiger partial charge in [0, 0.05) is 49.4 Å². The van der Waals surface area contributed by atoms with Crippen molar-refractivity contribution in [2.45, 2.75) is 32.1 Å². The minimum atomic E-state index is 0.182. The monoisotopic (exact) mass is 335 g/mol. The van der Waals surface area contributed by atoms with Crippen molar-refractivity contribution >= 4 is 11.6 Å². The molecule has 0 bridgehead atoms. The van der Waals surface area contributed by atoms with Crippen molar-refractivity contribution in [2.75, 3.05) is 13.1 Å². The van der Waals surface area contributed by atoms with Crippen molar-refractivity contribution in [3.05, 3.63) is 59.8 Å². The number of aryl methyl sites for hydroxylation is 1. The van der Waals surface area contributed by atoms with Crippen LogP contribution in [0.4, 0.5) is 0 Å². The molecule has 6 heteroatoms. The van der Waals surface area contributed by atoms with Gasteiger partial charge in [0.05, 0.1) is 12.1 Å². The lowest BCUT2D eigenvalue weighted by atomic mass is 9.93. The number of fused-ring (bicyclic) bond motifs is 1. The molecule has 0 saturated carbocycles. The van der Waals surface area contributed by atoms with Crippen LogP contribution >= 0.6 is 0 Å². The summed E-state index contributed by atoms with van der Waals surface area (Å²) in [5.74, 6) is 0.587. The quantitative estimate of drug-likeness (QED) is 0.737. The number of piperidine rings is 1. The average molecular weight is 335 g/mol. The van der Waals surface area contributed by atoms with Crippen LogP contribution in [0.5, 0.6) is 0 Å². The molecule has 0 atom stereocenters. The Labute approximate surface area is 146 Å². The molecule has 0 aromatic carbocycles. The Morgan fingerprint density at radius 2 is 2.12 bits per heavy atom. The van der Waals surface area contributed by atoms with Crippen molar-refractivity contribution in [3.63, 3.8) is 0 Å². The van der Waals surface area contributed by atoms with Gasteiger partial charge in [-0.15, -0.1) is 0 Å². The normalized spacial score (nSPS) is 15.6. The van der Waals surface area contributed by atoms with Gasteiger partial charge in [0.25, 0.3) is 0 Å². The number of likely N-dealkylation sites (tertiary alicyclic amines) is 1. The van der Waals surface area contributed by atoms with Crippen molar-refractivity contribution < 1.29 is 4.79 Å². The van der Waals surface area contributed by atoms with Gasteiger partial charge >= 0.3 is 0 Å². The van der Waals surface area contributed by atoms with Gasteiger partial charge in [-0.1, -0.05) is 6.07 Å². The Hall–Kier alpha value is -2.76. The highest BCUT2D eigenvalue weighted by molar-refractivity contribution is 5.78. The van der Waals surface area contributed by atoms with E-state index in [2.05, 4.69) is 16.1 Å². The summed E-state index contributed by atoms with van der Waals surface area (Å²) in [5.41, 5.74) is 3.94. The Morgan fingerprint density at radius 1 is 1.28 bits per heavy atom. The molecule has 1 amide bonds. The van der Waals surface area contributed by atoms with E-state index in [-0.39, 0.29) is 5.91 Å². The Bertz CT molecular complexity index is 881. The Balaban J connectivity index is 1.39. The number of nitrogens with zero attached hydrogens (tertiary/aromatic N) is 5. The second kappa shape index (κ2) is 6.63. The molecule has 0 aliphatic carbocycles. The summed E-state index contributed by atoms with van der Waals surface area (Å²) in [4.78, 5) is 23.2. The molecule has 3 aromatic rings. The number of pyridine rings is 1. The van der Waals surface area contributed by atoms with Crippen molar-refractivity contribution in [3.8, 4) is 0 Å².